The maximum atomic E-state index is 15.4. The molecule has 0 fully saturated rings. The van der Waals surface area contributed by atoms with Gasteiger partial charge >= 0.3 is 24.1 Å². The largest absolute Gasteiger partial charge is 0.481 e. The minimum absolute atomic E-state index is 0.0337. The fourth-order valence-corrected chi connectivity index (χ4v) is 11.9. The Hall–Kier alpha value is -8.65. The van der Waals surface area contributed by atoms with Crippen LogP contribution < -0.4 is 43.6 Å². The molecule has 0 saturated heterocycles. The quantitative estimate of drug-likeness (QED) is 0.0199. The first kappa shape index (κ1) is 75.7. The number of esters is 1. The molecule has 3 aliphatic rings. The van der Waals surface area contributed by atoms with Crippen molar-refractivity contribution in [2.75, 3.05) is 91.0 Å². The van der Waals surface area contributed by atoms with Crippen molar-refractivity contribution in [2.45, 2.75) is 136 Å². The molecule has 4 aromatic rings. The number of alkyl carbamates (subject to hydrolysis) is 1. The number of carboxylic acid groups (broad SMARTS) is 1. The molecule has 29 nitrogen and oxygen atoms in total. The van der Waals surface area contributed by atoms with Gasteiger partial charge in [-0.25, -0.2) is 23.8 Å². The molecule has 5 atom stereocenters. The van der Waals surface area contributed by atoms with E-state index in [1.54, 1.807) is 45.9 Å². The normalized spacial score (nSPS) is 16.0. The van der Waals surface area contributed by atoms with Gasteiger partial charge in [0.2, 0.25) is 17.7 Å². The van der Waals surface area contributed by atoms with Gasteiger partial charge in [0.15, 0.2) is 17.2 Å². The van der Waals surface area contributed by atoms with E-state index in [-0.39, 0.29) is 121 Å². The lowest BCUT2D eigenvalue weighted by atomic mass is 9.81. The van der Waals surface area contributed by atoms with E-state index in [9.17, 15) is 63.0 Å². The van der Waals surface area contributed by atoms with Crippen LogP contribution in [0.5, 0.6) is 0 Å². The molecule has 0 bridgehead atoms. The summed E-state index contributed by atoms with van der Waals surface area (Å²) in [6.45, 7) is 8.08. The molecule has 0 saturated carbocycles. The van der Waals surface area contributed by atoms with Gasteiger partial charge in [0.25, 0.3) is 5.56 Å². The highest BCUT2D eigenvalue weighted by Crippen LogP contribution is 2.46. The molecule has 2 aromatic heterocycles. The molecule has 30 heteroatoms. The number of hydrogen-bond donors (Lipinski definition) is 9. The van der Waals surface area contributed by atoms with E-state index in [0.29, 0.717) is 103 Å². The third-order valence-electron chi connectivity index (χ3n) is 17.1. The van der Waals surface area contributed by atoms with Crippen molar-refractivity contribution in [3.8, 4) is 11.4 Å². The number of aryl methyl sites for hydroxylation is 1. The first-order valence-corrected chi connectivity index (χ1v) is 32.6. The van der Waals surface area contributed by atoms with E-state index in [4.69, 9.17) is 49.6 Å². The number of anilines is 1. The third kappa shape index (κ3) is 20.9. The molecule has 2 aliphatic heterocycles. The minimum Gasteiger partial charge on any atom is -0.481 e. The Labute approximate surface area is 559 Å². The smallest absolute Gasteiger partial charge is 0.407 e. The predicted molar refractivity (Wildman–Crippen MR) is 346 cm³/mol. The Bertz CT molecular complexity index is 3580. The fourth-order valence-electron chi connectivity index (χ4n) is 11.9. The Morgan fingerprint density at radius 2 is 1.47 bits per heavy atom. The lowest BCUT2D eigenvalue weighted by Gasteiger charge is -2.31. The van der Waals surface area contributed by atoms with Gasteiger partial charge in [-0.3, -0.25) is 38.4 Å². The average molecular weight is 1360 g/mol. The number of pyridine rings is 2. The molecule has 6 amide bonds. The molecule has 1 aliphatic carbocycles. The molecule has 2 aromatic carbocycles. The monoisotopic (exact) mass is 1360 g/mol. The number of aromatic nitrogens is 2. The van der Waals surface area contributed by atoms with Crippen LogP contribution in [0.1, 0.15) is 130 Å². The molecular formula is C67H88FN9O20. The van der Waals surface area contributed by atoms with Crippen LogP contribution in [-0.4, -0.2) is 171 Å². The van der Waals surface area contributed by atoms with Gasteiger partial charge in [-0.15, -0.1) is 0 Å². The van der Waals surface area contributed by atoms with E-state index in [0.717, 1.165) is 5.56 Å². The van der Waals surface area contributed by atoms with Gasteiger partial charge in [0.05, 0.1) is 107 Å². The number of ether oxygens (including phenoxy) is 7. The highest BCUT2D eigenvalue weighted by atomic mass is 19.1. The van der Waals surface area contributed by atoms with Crippen LogP contribution in [0.3, 0.4) is 0 Å². The van der Waals surface area contributed by atoms with Crippen molar-refractivity contribution in [1.82, 2.24) is 30.8 Å². The van der Waals surface area contributed by atoms with E-state index < -0.39 is 120 Å². The van der Waals surface area contributed by atoms with Crippen LogP contribution >= 0.6 is 0 Å². The number of fused-ring (bicyclic) bond motifs is 5. The summed E-state index contributed by atoms with van der Waals surface area (Å²) in [4.78, 5) is 148. The van der Waals surface area contributed by atoms with Gasteiger partial charge in [0, 0.05) is 85.3 Å². The second-order valence-electron chi connectivity index (χ2n) is 24.3. The SMILES string of the molecule is CC[C@@]1(O)C(=O)OCc2c1cc1n(c2=O)Cc2c-1nc1cc(F)c(C)c3c1c2[C@@H](NC(=O)COCCC(=O)CNC(=O)OCc1ccc(NC(=O)[C@H](CCCNC(N)=O)CC(=O)[C@@H](NC(=O)[C@H](CCC(=O)O)CC(=O)CCOCCOCCOCCOCCN)C(C)C)cc1)CC3. The molecule has 0 unspecified atom stereocenters. The molecule has 97 heavy (non-hydrogen) atoms. The van der Waals surface area contributed by atoms with Crippen LogP contribution in [0, 0.1) is 30.5 Å². The number of benzene rings is 2. The minimum atomic E-state index is -2.06. The van der Waals surface area contributed by atoms with Crippen LogP contribution in [0.25, 0.3) is 22.3 Å². The number of carbonyl (C=O) groups excluding carboxylic acids is 9. The molecule has 4 heterocycles. The number of cyclic esters (lactones) is 1. The Morgan fingerprint density at radius 1 is 0.814 bits per heavy atom. The summed E-state index contributed by atoms with van der Waals surface area (Å²) < 4.78 is 54.6. The number of nitrogens with zero attached hydrogens (tertiary/aromatic N) is 2. The summed E-state index contributed by atoms with van der Waals surface area (Å²) in [5.74, 6) is -8.13. The standard InChI is InChI=1S/C67H88FN9O20/c1-5-67(90)49-31-53-60-47(34-77(53)63(86)48(49)36-96-64(67)87)58-51(14-13-46-39(4)50(68)32-52(75-60)57(46)58)74-55(81)37-95-21-17-45(79)33-72-66(89)97-35-40-8-11-43(12-9-40)73-61(84)41(7-6-19-71-65(70)88)30-54(80)59(38(2)3)76-62(85)42(10-15-56(82)83)29-44(78)16-20-91-23-25-93-27-28-94-26-24-92-22-18-69/h8-9,11-12,31-32,38,41-42,51,59,90H,5-7,10,13-30,33-37,69H2,1-4H3,(H,72,89)(H,73,84)(H,74,81)(H,76,85)(H,82,83)(H3,70,71,88)/t41-,42-,51+,59+,67+/m1/s1. The fraction of sp³-hybridized carbons (Fsp3) is 0.552. The van der Waals surface area contributed by atoms with Crippen molar-refractivity contribution >= 4 is 75.7 Å². The average Bonchev–Trinajstić information content (AvgIpc) is 1.61. The Morgan fingerprint density at radius 3 is 2.13 bits per heavy atom. The van der Waals surface area contributed by atoms with E-state index >= 15 is 4.39 Å². The van der Waals surface area contributed by atoms with Gasteiger partial charge in [0.1, 0.15) is 31.4 Å². The summed E-state index contributed by atoms with van der Waals surface area (Å²) in [5.41, 5.74) is 12.6. The van der Waals surface area contributed by atoms with Gasteiger partial charge in [-0.2, -0.15) is 0 Å². The number of nitrogens with two attached hydrogens (primary N) is 2. The number of carboxylic acids is 1. The first-order chi connectivity index (χ1) is 46.4. The maximum absolute atomic E-state index is 15.4. The van der Waals surface area contributed by atoms with Gasteiger partial charge < -0.3 is 86.0 Å². The molecular weight excluding hydrogens is 1270 g/mol. The summed E-state index contributed by atoms with van der Waals surface area (Å²) in [7, 11) is 0. The van der Waals surface area contributed by atoms with E-state index in [1.807, 2.05) is 0 Å². The number of urea groups is 1. The summed E-state index contributed by atoms with van der Waals surface area (Å²) >= 11 is 0. The zero-order chi connectivity index (χ0) is 70.3. The first-order valence-electron chi connectivity index (χ1n) is 32.6. The van der Waals surface area contributed by atoms with Crippen LogP contribution in [-0.2, 0) is 103 Å². The lowest BCUT2D eigenvalue weighted by molar-refractivity contribution is -0.172. The number of amides is 6. The predicted octanol–water partition coefficient (Wildman–Crippen LogP) is 3.49. The lowest BCUT2D eigenvalue weighted by Crippen LogP contribution is -2.48. The summed E-state index contributed by atoms with van der Waals surface area (Å²) in [5, 5.41) is 34.8. The summed E-state index contributed by atoms with van der Waals surface area (Å²) in [6.07, 6.45) is -1.31. The van der Waals surface area contributed by atoms with Crippen molar-refractivity contribution in [3.05, 3.63) is 91.5 Å². The van der Waals surface area contributed by atoms with Crippen LogP contribution in [0.4, 0.5) is 19.7 Å². The zero-order valence-electron chi connectivity index (χ0n) is 55.1. The number of carbonyl (C=O) groups is 10. The highest BCUT2D eigenvalue weighted by molar-refractivity contribution is 5.98. The molecule has 11 N–H and O–H groups in total. The number of nitrogens with one attached hydrogen (secondary N) is 5. The van der Waals surface area contributed by atoms with E-state index in [2.05, 4.69) is 26.6 Å². The van der Waals surface area contributed by atoms with Crippen molar-refractivity contribution < 1.29 is 95.7 Å². The van der Waals surface area contributed by atoms with Crippen molar-refractivity contribution in [2.24, 2.45) is 29.2 Å². The zero-order valence-corrected chi connectivity index (χ0v) is 55.1. The van der Waals surface area contributed by atoms with Crippen LogP contribution in [0.15, 0.2) is 41.2 Å². The number of halogens is 1. The number of primary amides is 1. The van der Waals surface area contributed by atoms with Crippen LogP contribution in [0.2, 0.25) is 0 Å². The molecule has 528 valence electrons. The number of aliphatic hydroxyl groups is 1. The highest BCUT2D eigenvalue weighted by Gasteiger charge is 2.46. The molecule has 0 spiro atoms. The number of hydrogen-bond acceptors (Lipinski definition) is 21. The Balaban J connectivity index is 0.845. The molecule has 0 radical (unpaired) electrons. The summed E-state index contributed by atoms with van der Waals surface area (Å²) in [6, 6.07) is 6.57. The number of aliphatic carboxylic acids is 1. The molecule has 7 rings (SSSR count). The third-order valence-corrected chi connectivity index (χ3v) is 17.1. The van der Waals surface area contributed by atoms with E-state index in [1.165, 1.54) is 22.8 Å². The number of rotatable bonds is 42. The number of Topliss-reactive ketones (excluding diaryl/α,β-unsaturated/α-hetero) is 3. The Kier molecular flexibility index (Phi) is 28.6. The topological polar surface area (TPSA) is 423 Å². The second-order valence-corrected chi connectivity index (χ2v) is 24.3. The van der Waals surface area contributed by atoms with Gasteiger partial charge in [-0.1, -0.05) is 32.9 Å². The number of ketones is 3. The maximum Gasteiger partial charge on any atom is 0.407 e. The van der Waals surface area contributed by atoms with Gasteiger partial charge in [-0.05, 0) is 91.8 Å². The van der Waals surface area contributed by atoms with Crippen molar-refractivity contribution in [3.63, 3.8) is 0 Å². The second kappa shape index (κ2) is 36.6. The van der Waals surface area contributed by atoms with Crippen molar-refractivity contribution in [1.29, 1.82) is 0 Å².